The lowest BCUT2D eigenvalue weighted by molar-refractivity contribution is -0.384. The van der Waals surface area contributed by atoms with Crippen molar-refractivity contribution in [3.05, 3.63) is 64.2 Å². The molecule has 2 aromatic rings. The average Bonchev–Trinajstić information content (AvgIpc) is 2.94. The molecular formula is C20H22ClN3O3S. The molecule has 2 unspecified atom stereocenters. The minimum absolute atomic E-state index is 0. The second-order valence-electron chi connectivity index (χ2n) is 6.94. The van der Waals surface area contributed by atoms with Crippen LogP contribution in [0.5, 0.6) is 0 Å². The van der Waals surface area contributed by atoms with Gasteiger partial charge in [-0.25, -0.2) is 0 Å². The highest BCUT2D eigenvalue weighted by Crippen LogP contribution is 2.36. The van der Waals surface area contributed by atoms with Crippen LogP contribution in [0, 0.1) is 10.1 Å². The maximum absolute atomic E-state index is 13.5. The summed E-state index contributed by atoms with van der Waals surface area (Å²) >= 11 is 1.47. The molecule has 2 atom stereocenters. The summed E-state index contributed by atoms with van der Waals surface area (Å²) in [6.45, 7) is 1.70. The molecule has 2 aliphatic heterocycles. The molecular weight excluding hydrogens is 398 g/mol. The molecule has 2 fully saturated rings. The first-order chi connectivity index (χ1) is 13.1. The smallest absolute Gasteiger partial charge is 0.270 e. The van der Waals surface area contributed by atoms with Gasteiger partial charge >= 0.3 is 0 Å². The van der Waals surface area contributed by atoms with Crippen molar-refractivity contribution in [3.8, 4) is 0 Å². The van der Waals surface area contributed by atoms with E-state index in [-0.39, 0.29) is 36.1 Å². The number of halogens is 1. The van der Waals surface area contributed by atoms with Crippen molar-refractivity contribution in [2.45, 2.75) is 41.1 Å². The third-order valence-corrected chi connectivity index (χ3v) is 6.35. The van der Waals surface area contributed by atoms with E-state index in [4.69, 9.17) is 0 Å². The Morgan fingerprint density at radius 1 is 1.11 bits per heavy atom. The Morgan fingerprint density at radius 2 is 1.86 bits per heavy atom. The SMILES string of the molecule is Cl.O=C(c1cc([N+](=O)[O-])ccc1Sc1ccccc1)N1C2CCNCC1CC2. The molecule has 0 spiro atoms. The van der Waals surface area contributed by atoms with Gasteiger partial charge in [0.1, 0.15) is 0 Å². The highest BCUT2D eigenvalue weighted by molar-refractivity contribution is 7.99. The summed E-state index contributed by atoms with van der Waals surface area (Å²) in [5.41, 5.74) is 0.382. The van der Waals surface area contributed by atoms with Crippen LogP contribution >= 0.6 is 24.2 Å². The Morgan fingerprint density at radius 3 is 2.61 bits per heavy atom. The summed E-state index contributed by atoms with van der Waals surface area (Å²) in [4.78, 5) is 28.0. The Labute approximate surface area is 174 Å². The molecule has 0 aliphatic carbocycles. The standard InChI is InChI=1S/C20H21N3O3S.ClH/c24-20(22-14-6-7-16(22)13-21-11-10-14)18-12-15(23(25)26)8-9-19(18)27-17-4-2-1-3-5-17;/h1-5,8-9,12,14,16,21H,6-7,10-11,13H2;1H. The predicted octanol–water partition coefficient (Wildman–Crippen LogP) is 4.13. The second-order valence-corrected chi connectivity index (χ2v) is 8.06. The number of hydrogen-bond acceptors (Lipinski definition) is 5. The Hall–Kier alpha value is -2.09. The maximum Gasteiger partial charge on any atom is 0.270 e. The first-order valence-electron chi connectivity index (χ1n) is 9.18. The summed E-state index contributed by atoms with van der Waals surface area (Å²) in [6.07, 6.45) is 2.92. The van der Waals surface area contributed by atoms with Crippen molar-refractivity contribution in [1.29, 1.82) is 0 Å². The van der Waals surface area contributed by atoms with Crippen LogP contribution in [0.15, 0.2) is 58.3 Å². The molecule has 28 heavy (non-hydrogen) atoms. The normalized spacial score (nSPS) is 20.9. The van der Waals surface area contributed by atoms with E-state index in [9.17, 15) is 14.9 Å². The third kappa shape index (κ3) is 4.16. The lowest BCUT2D eigenvalue weighted by Gasteiger charge is -2.28. The van der Waals surface area contributed by atoms with E-state index in [1.807, 2.05) is 35.2 Å². The van der Waals surface area contributed by atoms with Gasteiger partial charge in [0.05, 0.1) is 10.5 Å². The highest BCUT2D eigenvalue weighted by atomic mass is 35.5. The zero-order chi connectivity index (χ0) is 18.8. The number of amides is 1. The minimum Gasteiger partial charge on any atom is -0.331 e. The van der Waals surface area contributed by atoms with Crippen LogP contribution < -0.4 is 5.32 Å². The van der Waals surface area contributed by atoms with E-state index in [1.165, 1.54) is 23.9 Å². The van der Waals surface area contributed by atoms with Gasteiger partial charge in [0, 0.05) is 40.6 Å². The van der Waals surface area contributed by atoms with Gasteiger partial charge in [-0.3, -0.25) is 14.9 Å². The highest BCUT2D eigenvalue weighted by Gasteiger charge is 2.39. The molecule has 0 aromatic heterocycles. The Bertz CT molecular complexity index is 851. The number of rotatable bonds is 4. The fourth-order valence-electron chi connectivity index (χ4n) is 3.96. The summed E-state index contributed by atoms with van der Waals surface area (Å²) in [5, 5.41) is 14.7. The van der Waals surface area contributed by atoms with Crippen molar-refractivity contribution in [1.82, 2.24) is 10.2 Å². The van der Waals surface area contributed by atoms with Gasteiger partial charge in [0.2, 0.25) is 0 Å². The van der Waals surface area contributed by atoms with E-state index in [0.717, 1.165) is 42.1 Å². The van der Waals surface area contributed by atoms with E-state index < -0.39 is 4.92 Å². The molecule has 8 heteroatoms. The largest absolute Gasteiger partial charge is 0.331 e. The topological polar surface area (TPSA) is 75.5 Å². The van der Waals surface area contributed by atoms with E-state index >= 15 is 0 Å². The molecule has 1 amide bonds. The number of nitrogens with zero attached hydrogens (tertiary/aromatic N) is 2. The Kier molecular flexibility index (Phi) is 6.59. The van der Waals surface area contributed by atoms with Crippen LogP contribution in [-0.4, -0.2) is 40.9 Å². The van der Waals surface area contributed by atoms with Crippen LogP contribution in [0.4, 0.5) is 5.69 Å². The van der Waals surface area contributed by atoms with E-state index in [0.29, 0.717) is 5.56 Å². The predicted molar refractivity (Wildman–Crippen MR) is 111 cm³/mol. The molecule has 2 saturated heterocycles. The summed E-state index contributed by atoms with van der Waals surface area (Å²) in [5.74, 6) is -0.0895. The molecule has 0 radical (unpaired) electrons. The lowest BCUT2D eigenvalue weighted by Crippen LogP contribution is -2.42. The van der Waals surface area contributed by atoms with Crippen molar-refractivity contribution in [2.75, 3.05) is 13.1 Å². The number of carbonyl (C=O) groups excluding carboxylic acids is 1. The Balaban J connectivity index is 0.00000225. The van der Waals surface area contributed by atoms with Gasteiger partial charge in [-0.2, -0.15) is 0 Å². The fourth-order valence-corrected chi connectivity index (χ4v) is 4.90. The van der Waals surface area contributed by atoms with Crippen molar-refractivity contribution >= 4 is 35.8 Å². The molecule has 2 bridgehead atoms. The van der Waals surface area contributed by atoms with Gasteiger partial charge in [-0.1, -0.05) is 30.0 Å². The van der Waals surface area contributed by atoms with Gasteiger partial charge in [0.15, 0.2) is 0 Å². The molecule has 2 aliphatic rings. The number of fused-ring (bicyclic) bond motifs is 2. The fraction of sp³-hybridized carbons (Fsp3) is 0.350. The van der Waals surface area contributed by atoms with Crippen LogP contribution in [0.2, 0.25) is 0 Å². The van der Waals surface area contributed by atoms with Crippen molar-refractivity contribution < 1.29 is 9.72 Å². The van der Waals surface area contributed by atoms with Gasteiger partial charge in [0.25, 0.3) is 11.6 Å². The number of nitro groups is 1. The first-order valence-corrected chi connectivity index (χ1v) is 10.00. The van der Waals surface area contributed by atoms with Crippen LogP contribution in [0.25, 0.3) is 0 Å². The van der Waals surface area contributed by atoms with Crippen LogP contribution in [-0.2, 0) is 0 Å². The average molecular weight is 420 g/mol. The van der Waals surface area contributed by atoms with Crippen molar-refractivity contribution in [2.24, 2.45) is 0 Å². The summed E-state index contributed by atoms with van der Waals surface area (Å²) < 4.78 is 0. The molecule has 1 N–H and O–H groups in total. The quantitative estimate of drug-likeness (QED) is 0.595. The number of non-ortho nitro benzene ring substituents is 1. The third-order valence-electron chi connectivity index (χ3n) is 5.26. The van der Waals surface area contributed by atoms with E-state index in [1.54, 1.807) is 6.07 Å². The molecule has 2 aromatic carbocycles. The van der Waals surface area contributed by atoms with Gasteiger partial charge in [-0.15, -0.1) is 12.4 Å². The molecule has 4 rings (SSSR count). The molecule has 2 heterocycles. The zero-order valence-electron chi connectivity index (χ0n) is 15.2. The number of carbonyl (C=O) groups is 1. The van der Waals surface area contributed by atoms with Crippen LogP contribution in [0.1, 0.15) is 29.6 Å². The first kappa shape index (κ1) is 20.6. The monoisotopic (exact) mass is 419 g/mol. The minimum atomic E-state index is -0.438. The summed E-state index contributed by atoms with van der Waals surface area (Å²) in [7, 11) is 0. The molecule has 0 saturated carbocycles. The van der Waals surface area contributed by atoms with Crippen molar-refractivity contribution in [3.63, 3.8) is 0 Å². The van der Waals surface area contributed by atoms with Crippen LogP contribution in [0.3, 0.4) is 0 Å². The number of nitrogens with one attached hydrogen (secondary N) is 1. The lowest BCUT2D eigenvalue weighted by atomic mass is 10.1. The van der Waals surface area contributed by atoms with E-state index in [2.05, 4.69) is 5.32 Å². The second kappa shape index (κ2) is 8.94. The number of nitro benzene ring substituents is 1. The van der Waals surface area contributed by atoms with Gasteiger partial charge in [-0.05, 0) is 44.0 Å². The van der Waals surface area contributed by atoms with Gasteiger partial charge < -0.3 is 10.2 Å². The summed E-state index contributed by atoms with van der Waals surface area (Å²) in [6, 6.07) is 14.7. The number of hydrogen-bond donors (Lipinski definition) is 1. The molecule has 148 valence electrons. The molecule has 6 nitrogen and oxygen atoms in total. The zero-order valence-corrected chi connectivity index (χ0v) is 16.9. The number of benzene rings is 2. The maximum atomic E-state index is 13.5.